The molecule has 1 saturated heterocycles. The Morgan fingerprint density at radius 2 is 2.09 bits per heavy atom. The van der Waals surface area contributed by atoms with Gasteiger partial charge in [-0.15, -0.1) is 0 Å². The Labute approximate surface area is 131 Å². The van der Waals surface area contributed by atoms with Crippen molar-refractivity contribution >= 4 is 0 Å². The van der Waals surface area contributed by atoms with E-state index in [0.29, 0.717) is 23.8 Å². The third kappa shape index (κ3) is 4.68. The van der Waals surface area contributed by atoms with Crippen molar-refractivity contribution in [1.82, 2.24) is 5.32 Å². The molecule has 5 nitrogen and oxygen atoms in total. The summed E-state index contributed by atoms with van der Waals surface area (Å²) in [7, 11) is 0. The highest BCUT2D eigenvalue weighted by molar-refractivity contribution is 5.36. The van der Waals surface area contributed by atoms with Crippen LogP contribution in [0, 0.1) is 0 Å². The van der Waals surface area contributed by atoms with Gasteiger partial charge >= 0.3 is 0 Å². The molecule has 1 aromatic carbocycles. The van der Waals surface area contributed by atoms with Crippen LogP contribution in [0.5, 0.6) is 5.75 Å². The second-order valence-corrected chi connectivity index (χ2v) is 5.97. The summed E-state index contributed by atoms with van der Waals surface area (Å²) in [4.78, 5) is 0. The van der Waals surface area contributed by atoms with Crippen molar-refractivity contribution in [1.29, 1.82) is 0 Å². The van der Waals surface area contributed by atoms with Gasteiger partial charge in [0.2, 0.25) is 0 Å². The molecule has 3 atom stereocenters. The van der Waals surface area contributed by atoms with E-state index in [1.54, 1.807) is 12.1 Å². The van der Waals surface area contributed by atoms with E-state index in [2.05, 4.69) is 12.2 Å². The zero-order valence-corrected chi connectivity index (χ0v) is 13.2. The first-order chi connectivity index (χ1) is 10.6. The molecule has 5 heteroatoms. The topological polar surface area (TPSA) is 82.0 Å². The van der Waals surface area contributed by atoms with Crippen molar-refractivity contribution < 1.29 is 20.1 Å². The Morgan fingerprint density at radius 3 is 2.82 bits per heavy atom. The van der Waals surface area contributed by atoms with Crippen molar-refractivity contribution in [3.05, 3.63) is 29.3 Å². The molecule has 3 unspecified atom stereocenters. The summed E-state index contributed by atoms with van der Waals surface area (Å²) < 4.78 is 5.93. The smallest absolute Gasteiger partial charge is 0.121 e. The number of nitrogens with one attached hydrogen (secondary N) is 1. The highest BCUT2D eigenvalue weighted by atomic mass is 16.5. The molecule has 0 aromatic heterocycles. The van der Waals surface area contributed by atoms with E-state index < -0.39 is 6.10 Å². The molecule has 4 N–H and O–H groups in total. The molecule has 0 saturated carbocycles. The first kappa shape index (κ1) is 17.2. The van der Waals surface area contributed by atoms with E-state index in [1.807, 2.05) is 0 Å². The predicted octanol–water partition coefficient (Wildman–Crippen LogP) is 1.86. The van der Waals surface area contributed by atoms with E-state index >= 15 is 0 Å². The SMILES string of the molecule is CCCC1CCC(CNCC(O)c2ccc(O)c(CO)c2)O1. The Bertz CT molecular complexity index is 466. The van der Waals surface area contributed by atoms with Gasteiger partial charge in [-0.05, 0) is 37.0 Å². The van der Waals surface area contributed by atoms with Crippen LogP contribution < -0.4 is 5.32 Å². The average molecular weight is 309 g/mol. The normalized spacial score (nSPS) is 22.9. The first-order valence-corrected chi connectivity index (χ1v) is 8.11. The van der Waals surface area contributed by atoms with E-state index in [1.165, 1.54) is 6.07 Å². The number of aliphatic hydroxyl groups excluding tert-OH is 2. The lowest BCUT2D eigenvalue weighted by Gasteiger charge is -2.17. The van der Waals surface area contributed by atoms with Crippen LogP contribution in [0.2, 0.25) is 0 Å². The van der Waals surface area contributed by atoms with Crippen molar-refractivity contribution in [3.63, 3.8) is 0 Å². The zero-order chi connectivity index (χ0) is 15.9. The zero-order valence-electron chi connectivity index (χ0n) is 13.2. The minimum atomic E-state index is -0.668. The monoisotopic (exact) mass is 309 g/mol. The second-order valence-electron chi connectivity index (χ2n) is 5.97. The van der Waals surface area contributed by atoms with Gasteiger partial charge < -0.3 is 25.4 Å². The van der Waals surface area contributed by atoms with E-state index in [9.17, 15) is 10.2 Å². The van der Waals surface area contributed by atoms with Crippen LogP contribution in [0.1, 0.15) is 49.8 Å². The van der Waals surface area contributed by atoms with Crippen LogP contribution in [0.4, 0.5) is 0 Å². The van der Waals surface area contributed by atoms with Gasteiger partial charge in [0.25, 0.3) is 0 Å². The summed E-state index contributed by atoms with van der Waals surface area (Å²) in [5, 5.41) is 32.1. The minimum absolute atomic E-state index is 0.0488. The molecule has 22 heavy (non-hydrogen) atoms. The molecule has 2 rings (SSSR count). The molecule has 0 radical (unpaired) electrons. The highest BCUT2D eigenvalue weighted by Crippen LogP contribution is 2.24. The van der Waals surface area contributed by atoms with Gasteiger partial charge in [-0.3, -0.25) is 0 Å². The second kappa shape index (κ2) is 8.48. The van der Waals surface area contributed by atoms with E-state index in [0.717, 1.165) is 32.2 Å². The molecule has 0 amide bonds. The number of benzene rings is 1. The fourth-order valence-electron chi connectivity index (χ4n) is 2.90. The molecule has 0 aliphatic carbocycles. The number of ether oxygens (including phenoxy) is 1. The predicted molar refractivity (Wildman–Crippen MR) is 84.7 cm³/mol. The molecule has 1 aliphatic heterocycles. The van der Waals surface area contributed by atoms with Crippen LogP contribution in [0.3, 0.4) is 0 Å². The largest absolute Gasteiger partial charge is 0.508 e. The molecule has 1 fully saturated rings. The lowest BCUT2D eigenvalue weighted by atomic mass is 10.1. The first-order valence-electron chi connectivity index (χ1n) is 8.11. The third-order valence-corrected chi connectivity index (χ3v) is 4.17. The average Bonchev–Trinajstić information content (AvgIpc) is 2.95. The summed E-state index contributed by atoms with van der Waals surface area (Å²) in [6.45, 7) is 3.09. The van der Waals surface area contributed by atoms with E-state index in [4.69, 9.17) is 9.84 Å². The quantitative estimate of drug-likeness (QED) is 0.589. The molecule has 1 aliphatic rings. The molecular weight excluding hydrogens is 282 g/mol. The van der Waals surface area contributed by atoms with Crippen molar-refractivity contribution in [2.75, 3.05) is 13.1 Å². The number of rotatable bonds is 8. The maximum atomic E-state index is 10.2. The number of phenols is 1. The molecule has 1 aromatic rings. The number of aliphatic hydroxyl groups is 2. The summed E-state index contributed by atoms with van der Waals surface area (Å²) >= 11 is 0. The summed E-state index contributed by atoms with van der Waals surface area (Å²) in [6.07, 6.45) is 4.43. The summed E-state index contributed by atoms with van der Waals surface area (Å²) in [5.74, 6) is 0.0488. The fourth-order valence-corrected chi connectivity index (χ4v) is 2.90. The van der Waals surface area contributed by atoms with Crippen LogP contribution >= 0.6 is 0 Å². The van der Waals surface area contributed by atoms with Crippen LogP contribution in [-0.2, 0) is 11.3 Å². The minimum Gasteiger partial charge on any atom is -0.508 e. The van der Waals surface area contributed by atoms with Gasteiger partial charge in [0, 0.05) is 18.7 Å². The van der Waals surface area contributed by atoms with Gasteiger partial charge in [-0.1, -0.05) is 19.4 Å². The van der Waals surface area contributed by atoms with Crippen LogP contribution in [0.25, 0.3) is 0 Å². The van der Waals surface area contributed by atoms with Gasteiger partial charge in [0.15, 0.2) is 0 Å². The number of hydrogen-bond donors (Lipinski definition) is 4. The Balaban J connectivity index is 1.75. The van der Waals surface area contributed by atoms with Crippen molar-refractivity contribution in [2.45, 2.75) is 57.5 Å². The van der Waals surface area contributed by atoms with Gasteiger partial charge in [0.05, 0.1) is 24.9 Å². The maximum Gasteiger partial charge on any atom is 0.121 e. The lowest BCUT2D eigenvalue weighted by Crippen LogP contribution is -2.30. The van der Waals surface area contributed by atoms with Crippen LogP contribution in [-0.4, -0.2) is 40.6 Å². The molecular formula is C17H27NO4. The van der Waals surface area contributed by atoms with E-state index in [-0.39, 0.29) is 18.5 Å². The summed E-state index contributed by atoms with van der Waals surface area (Å²) in [5.41, 5.74) is 1.11. The highest BCUT2D eigenvalue weighted by Gasteiger charge is 2.24. The maximum absolute atomic E-state index is 10.2. The van der Waals surface area contributed by atoms with Gasteiger partial charge in [-0.25, -0.2) is 0 Å². The Hall–Kier alpha value is -1.14. The van der Waals surface area contributed by atoms with Gasteiger partial charge in [-0.2, -0.15) is 0 Å². The van der Waals surface area contributed by atoms with Crippen molar-refractivity contribution in [3.8, 4) is 5.75 Å². The van der Waals surface area contributed by atoms with Gasteiger partial charge in [0.1, 0.15) is 5.75 Å². The molecule has 0 bridgehead atoms. The number of hydrogen-bond acceptors (Lipinski definition) is 5. The molecule has 1 heterocycles. The fraction of sp³-hybridized carbons (Fsp3) is 0.647. The Morgan fingerprint density at radius 1 is 1.32 bits per heavy atom. The standard InChI is InChI=1S/C17H27NO4/c1-2-3-14-5-6-15(22-14)9-18-10-17(21)12-4-7-16(20)13(8-12)11-19/h4,7-8,14-15,17-21H,2-3,5-6,9-11H2,1H3. The molecule has 124 valence electrons. The van der Waals surface area contributed by atoms with Crippen LogP contribution in [0.15, 0.2) is 18.2 Å². The number of aromatic hydroxyl groups is 1. The summed E-state index contributed by atoms with van der Waals surface area (Å²) in [6, 6.07) is 4.80. The van der Waals surface area contributed by atoms with Crippen molar-refractivity contribution in [2.24, 2.45) is 0 Å². The lowest BCUT2D eigenvalue weighted by molar-refractivity contribution is 0.0387. The Kier molecular flexibility index (Phi) is 6.64. The third-order valence-electron chi connectivity index (χ3n) is 4.17. The molecule has 0 spiro atoms.